The maximum absolute atomic E-state index is 11.7. The third-order valence-corrected chi connectivity index (χ3v) is 2.13. The fourth-order valence-corrected chi connectivity index (χ4v) is 1.19. The molecule has 4 nitrogen and oxygen atoms in total. The molecule has 15 heavy (non-hydrogen) atoms. The maximum atomic E-state index is 11.7. The Bertz CT molecular complexity index is 353. The van der Waals surface area contributed by atoms with Crippen molar-refractivity contribution < 1.29 is 14.4 Å². The molecule has 1 rings (SSSR count). The summed E-state index contributed by atoms with van der Waals surface area (Å²) < 4.78 is 0. The van der Waals surface area contributed by atoms with Gasteiger partial charge in [0.2, 0.25) is 12.8 Å². The highest BCUT2D eigenvalue weighted by Crippen LogP contribution is 2.06. The summed E-state index contributed by atoms with van der Waals surface area (Å²) in [6.45, 7) is 1.51. The summed E-state index contributed by atoms with van der Waals surface area (Å²) in [6.07, 6.45) is 0.691. The Hall–Kier alpha value is -1.97. The first-order valence-corrected chi connectivity index (χ1v) is 4.48. The summed E-state index contributed by atoms with van der Waals surface area (Å²) >= 11 is 0. The number of imide groups is 1. The summed E-state index contributed by atoms with van der Waals surface area (Å²) in [5.74, 6) is -0.255. The van der Waals surface area contributed by atoms with Crippen LogP contribution >= 0.6 is 0 Å². The highest BCUT2D eigenvalue weighted by atomic mass is 16.2. The van der Waals surface area contributed by atoms with Crippen LogP contribution in [0.15, 0.2) is 30.3 Å². The lowest BCUT2D eigenvalue weighted by molar-refractivity contribution is -0.130. The van der Waals surface area contributed by atoms with Crippen LogP contribution in [0.5, 0.6) is 0 Å². The molecule has 78 valence electrons. The second kappa shape index (κ2) is 5.05. The normalized spacial score (nSPS) is 11.5. The second-order valence-electron chi connectivity index (χ2n) is 3.06. The van der Waals surface area contributed by atoms with Gasteiger partial charge in [0.1, 0.15) is 0 Å². The van der Waals surface area contributed by atoms with Gasteiger partial charge in [-0.3, -0.25) is 19.3 Å². The fourth-order valence-electron chi connectivity index (χ4n) is 1.19. The van der Waals surface area contributed by atoms with Gasteiger partial charge in [-0.1, -0.05) is 30.3 Å². The van der Waals surface area contributed by atoms with Gasteiger partial charge < -0.3 is 0 Å². The SMILES string of the molecule is CC(C(=O)c1ccccc1)N(C=O)C=O. The van der Waals surface area contributed by atoms with E-state index in [1.165, 1.54) is 6.92 Å². The quantitative estimate of drug-likeness (QED) is 0.529. The highest BCUT2D eigenvalue weighted by Gasteiger charge is 2.20. The van der Waals surface area contributed by atoms with Crippen LogP contribution in [0.25, 0.3) is 0 Å². The molecule has 0 aliphatic heterocycles. The van der Waals surface area contributed by atoms with E-state index in [2.05, 4.69) is 0 Å². The van der Waals surface area contributed by atoms with Crippen molar-refractivity contribution >= 4 is 18.6 Å². The number of carbonyl (C=O) groups is 3. The van der Waals surface area contributed by atoms with Gasteiger partial charge in [-0.2, -0.15) is 0 Å². The molecule has 1 atom stereocenters. The third kappa shape index (κ3) is 2.49. The Morgan fingerprint density at radius 2 is 1.73 bits per heavy atom. The highest BCUT2D eigenvalue weighted by molar-refractivity contribution is 6.02. The lowest BCUT2D eigenvalue weighted by Gasteiger charge is -2.16. The molecule has 0 saturated carbocycles. The molecule has 0 heterocycles. The molecule has 4 heteroatoms. The van der Waals surface area contributed by atoms with Crippen LogP contribution in [0.1, 0.15) is 17.3 Å². The van der Waals surface area contributed by atoms with E-state index in [9.17, 15) is 14.4 Å². The zero-order chi connectivity index (χ0) is 11.3. The van der Waals surface area contributed by atoms with Crippen molar-refractivity contribution in [3.8, 4) is 0 Å². The van der Waals surface area contributed by atoms with Gasteiger partial charge >= 0.3 is 0 Å². The van der Waals surface area contributed by atoms with E-state index in [-0.39, 0.29) is 5.78 Å². The molecule has 0 N–H and O–H groups in total. The Kier molecular flexibility index (Phi) is 3.74. The van der Waals surface area contributed by atoms with E-state index in [0.717, 1.165) is 4.90 Å². The minimum Gasteiger partial charge on any atom is -0.292 e. The molecule has 0 spiro atoms. The number of ketones is 1. The van der Waals surface area contributed by atoms with Crippen LogP contribution in [0, 0.1) is 0 Å². The molecule has 0 aliphatic carbocycles. The van der Waals surface area contributed by atoms with Gasteiger partial charge in [-0.25, -0.2) is 0 Å². The molecule has 0 radical (unpaired) electrons. The van der Waals surface area contributed by atoms with Crippen LogP contribution < -0.4 is 0 Å². The van der Waals surface area contributed by atoms with Crippen molar-refractivity contribution in [1.82, 2.24) is 4.90 Å². The molecule has 1 aromatic rings. The Morgan fingerprint density at radius 3 is 2.20 bits per heavy atom. The first-order valence-electron chi connectivity index (χ1n) is 4.48. The van der Waals surface area contributed by atoms with Crippen molar-refractivity contribution in [1.29, 1.82) is 0 Å². The summed E-state index contributed by atoms with van der Waals surface area (Å²) in [6, 6.07) is 7.78. The summed E-state index contributed by atoms with van der Waals surface area (Å²) in [5.41, 5.74) is 0.485. The Labute approximate surface area is 87.5 Å². The van der Waals surface area contributed by atoms with E-state index in [1.807, 2.05) is 0 Å². The third-order valence-electron chi connectivity index (χ3n) is 2.13. The fraction of sp³-hybridized carbons (Fsp3) is 0.182. The Balaban J connectivity index is 2.85. The minimum absolute atomic E-state index is 0.255. The summed E-state index contributed by atoms with van der Waals surface area (Å²) in [5, 5.41) is 0. The van der Waals surface area contributed by atoms with E-state index in [1.54, 1.807) is 30.3 Å². The number of nitrogens with zero attached hydrogens (tertiary/aromatic N) is 1. The number of hydrogen-bond donors (Lipinski definition) is 0. The average molecular weight is 205 g/mol. The smallest absolute Gasteiger partial charge is 0.216 e. The molecular formula is C11H11NO3. The molecule has 0 saturated heterocycles. The number of carbonyl (C=O) groups excluding carboxylic acids is 3. The first-order chi connectivity index (χ1) is 7.20. The van der Waals surface area contributed by atoms with Crippen molar-refractivity contribution in [2.45, 2.75) is 13.0 Å². The molecule has 0 fully saturated rings. The maximum Gasteiger partial charge on any atom is 0.216 e. The van der Waals surface area contributed by atoms with Crippen molar-refractivity contribution in [2.24, 2.45) is 0 Å². The predicted octanol–water partition coefficient (Wildman–Crippen LogP) is 0.873. The number of hydrogen-bond acceptors (Lipinski definition) is 3. The molecule has 0 aliphatic rings. The summed E-state index contributed by atoms with van der Waals surface area (Å²) in [4.78, 5) is 33.5. The number of benzene rings is 1. The molecular weight excluding hydrogens is 194 g/mol. The van der Waals surface area contributed by atoms with Crippen molar-refractivity contribution in [3.63, 3.8) is 0 Å². The van der Waals surface area contributed by atoms with E-state index >= 15 is 0 Å². The second-order valence-corrected chi connectivity index (χ2v) is 3.06. The minimum atomic E-state index is -0.762. The standard InChI is InChI=1S/C11H11NO3/c1-9(12(7-13)8-14)11(15)10-5-3-2-4-6-10/h2-9H,1H3. The average Bonchev–Trinajstić information content (AvgIpc) is 2.30. The van der Waals surface area contributed by atoms with E-state index in [0.29, 0.717) is 18.4 Å². The topological polar surface area (TPSA) is 54.5 Å². The van der Waals surface area contributed by atoms with Gasteiger partial charge in [-0.05, 0) is 6.92 Å². The van der Waals surface area contributed by atoms with Gasteiger partial charge in [-0.15, -0.1) is 0 Å². The van der Waals surface area contributed by atoms with Gasteiger partial charge in [0.15, 0.2) is 5.78 Å². The van der Waals surface area contributed by atoms with E-state index < -0.39 is 6.04 Å². The van der Waals surface area contributed by atoms with Crippen LogP contribution in [0.3, 0.4) is 0 Å². The molecule has 0 aromatic heterocycles. The van der Waals surface area contributed by atoms with Crippen LogP contribution in [0.2, 0.25) is 0 Å². The zero-order valence-electron chi connectivity index (χ0n) is 8.29. The van der Waals surface area contributed by atoms with Gasteiger partial charge in [0, 0.05) is 5.56 Å². The molecule has 0 bridgehead atoms. The molecule has 2 amide bonds. The van der Waals surface area contributed by atoms with Crippen molar-refractivity contribution in [3.05, 3.63) is 35.9 Å². The number of amides is 2. The first kappa shape index (κ1) is 11.1. The van der Waals surface area contributed by atoms with Crippen molar-refractivity contribution in [2.75, 3.05) is 0 Å². The lowest BCUT2D eigenvalue weighted by Crippen LogP contribution is -2.37. The van der Waals surface area contributed by atoms with Crippen LogP contribution in [-0.2, 0) is 9.59 Å². The predicted molar refractivity (Wildman–Crippen MR) is 54.2 cm³/mol. The van der Waals surface area contributed by atoms with E-state index in [4.69, 9.17) is 0 Å². The van der Waals surface area contributed by atoms with Crippen LogP contribution in [-0.4, -0.2) is 29.5 Å². The summed E-state index contributed by atoms with van der Waals surface area (Å²) in [7, 11) is 0. The number of Topliss-reactive ketones (excluding diaryl/α,β-unsaturated/α-hetero) is 1. The molecule has 1 unspecified atom stereocenters. The zero-order valence-corrected chi connectivity index (χ0v) is 8.29. The van der Waals surface area contributed by atoms with Crippen LogP contribution in [0.4, 0.5) is 0 Å². The Morgan fingerprint density at radius 1 is 1.20 bits per heavy atom. The monoisotopic (exact) mass is 205 g/mol. The van der Waals surface area contributed by atoms with Gasteiger partial charge in [0.25, 0.3) is 0 Å². The molecule has 1 aromatic carbocycles. The largest absolute Gasteiger partial charge is 0.292 e. The number of rotatable bonds is 5. The lowest BCUT2D eigenvalue weighted by atomic mass is 10.1. The van der Waals surface area contributed by atoms with Gasteiger partial charge in [0.05, 0.1) is 6.04 Å².